The molecule has 0 atom stereocenters. The Kier molecular flexibility index (Phi) is 3.63. The summed E-state index contributed by atoms with van der Waals surface area (Å²) in [6.07, 6.45) is 2.86. The summed E-state index contributed by atoms with van der Waals surface area (Å²) in [6.45, 7) is 0. The van der Waals surface area contributed by atoms with Crippen LogP contribution in [0.5, 0.6) is 0 Å². The van der Waals surface area contributed by atoms with Gasteiger partial charge < -0.3 is 5.32 Å². The van der Waals surface area contributed by atoms with Crippen LogP contribution in [0.3, 0.4) is 0 Å². The molecule has 0 saturated carbocycles. The van der Waals surface area contributed by atoms with E-state index in [-0.39, 0.29) is 0 Å². The summed E-state index contributed by atoms with van der Waals surface area (Å²) in [7, 11) is 0. The molecule has 0 bridgehead atoms. The lowest BCUT2D eigenvalue weighted by atomic mass is 10.3. The number of nitrogens with one attached hydrogen (secondary N) is 1. The third kappa shape index (κ3) is 2.98. The average molecular weight is 213 g/mol. The molecule has 2 nitrogen and oxygen atoms in total. The third-order valence-electron chi connectivity index (χ3n) is 1.33. The molecular weight excluding hydrogens is 207 g/mol. The van der Waals surface area contributed by atoms with E-state index in [9.17, 15) is 0 Å². The fraction of sp³-hybridized carbons (Fsp3) is 0. The Hall–Kier alpha value is -1.17. The summed E-state index contributed by atoms with van der Waals surface area (Å²) in [5, 5.41) is 12.1. The number of rotatable bonds is 2. The number of allylic oxidation sites excluding steroid dienone is 1. The Morgan fingerprint density at radius 2 is 2.08 bits per heavy atom. The molecule has 0 saturated heterocycles. The van der Waals surface area contributed by atoms with Crippen molar-refractivity contribution in [2.75, 3.05) is 5.32 Å². The first-order valence-corrected chi connectivity index (χ1v) is 4.26. The van der Waals surface area contributed by atoms with E-state index in [0.29, 0.717) is 10.0 Å². The molecule has 0 amide bonds. The van der Waals surface area contributed by atoms with E-state index in [1.807, 2.05) is 6.07 Å². The van der Waals surface area contributed by atoms with Crippen molar-refractivity contribution in [2.45, 2.75) is 0 Å². The van der Waals surface area contributed by atoms with Gasteiger partial charge in [0.15, 0.2) is 0 Å². The van der Waals surface area contributed by atoms with E-state index >= 15 is 0 Å². The summed E-state index contributed by atoms with van der Waals surface area (Å²) in [5.41, 5.74) is 0.793. The summed E-state index contributed by atoms with van der Waals surface area (Å²) in [5.74, 6) is 0. The van der Waals surface area contributed by atoms with E-state index in [1.54, 1.807) is 18.2 Å². The van der Waals surface area contributed by atoms with Crippen LogP contribution >= 0.6 is 23.2 Å². The van der Waals surface area contributed by atoms with Crippen LogP contribution in [-0.2, 0) is 0 Å². The zero-order valence-corrected chi connectivity index (χ0v) is 8.10. The highest BCUT2D eigenvalue weighted by Crippen LogP contribution is 2.24. The van der Waals surface area contributed by atoms with Crippen LogP contribution in [0.4, 0.5) is 5.69 Å². The van der Waals surface area contributed by atoms with E-state index in [0.717, 1.165) is 5.69 Å². The summed E-state index contributed by atoms with van der Waals surface area (Å²) in [4.78, 5) is 0. The van der Waals surface area contributed by atoms with E-state index in [2.05, 4.69) is 5.32 Å². The highest BCUT2D eigenvalue weighted by molar-refractivity contribution is 6.42. The maximum atomic E-state index is 8.22. The van der Waals surface area contributed by atoms with Gasteiger partial charge in [0.25, 0.3) is 0 Å². The molecule has 0 aliphatic carbocycles. The van der Waals surface area contributed by atoms with Gasteiger partial charge in [-0.1, -0.05) is 23.2 Å². The zero-order chi connectivity index (χ0) is 9.68. The molecule has 0 spiro atoms. The minimum Gasteiger partial charge on any atom is -0.361 e. The normalized spacial score (nSPS) is 9.92. The fourth-order valence-corrected chi connectivity index (χ4v) is 1.06. The monoisotopic (exact) mass is 212 g/mol. The van der Waals surface area contributed by atoms with Crippen molar-refractivity contribution in [2.24, 2.45) is 0 Å². The minimum atomic E-state index is 0.483. The second kappa shape index (κ2) is 4.76. The molecule has 66 valence electrons. The second-order valence-corrected chi connectivity index (χ2v) is 3.05. The first kappa shape index (κ1) is 9.91. The van der Waals surface area contributed by atoms with Crippen molar-refractivity contribution in [1.82, 2.24) is 0 Å². The number of benzene rings is 1. The van der Waals surface area contributed by atoms with Crippen molar-refractivity contribution < 1.29 is 0 Å². The van der Waals surface area contributed by atoms with Gasteiger partial charge in [0.2, 0.25) is 0 Å². The molecule has 0 aromatic heterocycles. The molecule has 0 fully saturated rings. The SMILES string of the molecule is N#CC=CNc1ccc(Cl)c(Cl)c1. The number of anilines is 1. The lowest BCUT2D eigenvalue weighted by molar-refractivity contribution is 1.52. The zero-order valence-electron chi connectivity index (χ0n) is 6.59. The van der Waals surface area contributed by atoms with Gasteiger partial charge in [0.05, 0.1) is 16.1 Å². The molecular formula is C9H6Cl2N2. The molecule has 1 N–H and O–H groups in total. The number of nitrogens with zero attached hydrogens (tertiary/aromatic N) is 1. The van der Waals surface area contributed by atoms with Crippen LogP contribution in [0.25, 0.3) is 0 Å². The molecule has 0 aliphatic rings. The lowest BCUT2D eigenvalue weighted by Crippen LogP contribution is -1.86. The molecule has 0 radical (unpaired) electrons. The third-order valence-corrected chi connectivity index (χ3v) is 2.07. The van der Waals surface area contributed by atoms with Gasteiger partial charge in [-0.15, -0.1) is 0 Å². The van der Waals surface area contributed by atoms with Crippen LogP contribution in [-0.4, -0.2) is 0 Å². The summed E-state index contributed by atoms with van der Waals surface area (Å²) >= 11 is 11.5. The number of nitriles is 1. The van der Waals surface area contributed by atoms with Gasteiger partial charge in [0, 0.05) is 18.0 Å². The maximum Gasteiger partial charge on any atom is 0.0927 e. The molecule has 0 aliphatic heterocycles. The smallest absolute Gasteiger partial charge is 0.0927 e. The highest BCUT2D eigenvalue weighted by Gasteiger charge is 1.96. The standard InChI is InChI=1S/C9H6Cl2N2/c10-8-3-2-7(6-9(8)11)13-5-1-4-12/h1-3,5-6,13H. The van der Waals surface area contributed by atoms with Gasteiger partial charge in [-0.05, 0) is 18.2 Å². The van der Waals surface area contributed by atoms with Gasteiger partial charge >= 0.3 is 0 Å². The topological polar surface area (TPSA) is 35.8 Å². The van der Waals surface area contributed by atoms with Gasteiger partial charge in [-0.25, -0.2) is 0 Å². The summed E-state index contributed by atoms with van der Waals surface area (Å²) in [6, 6.07) is 7.01. The van der Waals surface area contributed by atoms with Gasteiger partial charge in [-0.3, -0.25) is 0 Å². The van der Waals surface area contributed by atoms with Crippen LogP contribution in [0.15, 0.2) is 30.5 Å². The predicted molar refractivity (Wildman–Crippen MR) is 54.8 cm³/mol. The number of hydrogen-bond donors (Lipinski definition) is 1. The van der Waals surface area contributed by atoms with Gasteiger partial charge in [0.1, 0.15) is 0 Å². The highest BCUT2D eigenvalue weighted by atomic mass is 35.5. The fourth-order valence-electron chi connectivity index (χ4n) is 0.761. The van der Waals surface area contributed by atoms with Crippen LogP contribution in [0.1, 0.15) is 0 Å². The Balaban J connectivity index is 2.75. The van der Waals surface area contributed by atoms with Crippen molar-refractivity contribution in [3.8, 4) is 6.07 Å². The maximum absolute atomic E-state index is 8.22. The lowest BCUT2D eigenvalue weighted by Gasteiger charge is -2.01. The van der Waals surface area contributed by atoms with Crippen molar-refractivity contribution in [3.63, 3.8) is 0 Å². The minimum absolute atomic E-state index is 0.483. The molecule has 1 rings (SSSR count). The average Bonchev–Trinajstić information content (AvgIpc) is 2.12. The number of hydrogen-bond acceptors (Lipinski definition) is 2. The Bertz CT molecular complexity index is 366. The van der Waals surface area contributed by atoms with E-state index in [4.69, 9.17) is 28.5 Å². The number of halogens is 2. The second-order valence-electron chi connectivity index (χ2n) is 2.24. The van der Waals surface area contributed by atoms with Crippen molar-refractivity contribution in [3.05, 3.63) is 40.5 Å². The first-order valence-electron chi connectivity index (χ1n) is 3.50. The molecule has 1 aromatic carbocycles. The molecule has 13 heavy (non-hydrogen) atoms. The van der Waals surface area contributed by atoms with E-state index < -0.39 is 0 Å². The summed E-state index contributed by atoms with van der Waals surface area (Å²) < 4.78 is 0. The van der Waals surface area contributed by atoms with Crippen LogP contribution in [0.2, 0.25) is 10.0 Å². The Morgan fingerprint density at radius 3 is 2.69 bits per heavy atom. The van der Waals surface area contributed by atoms with Crippen molar-refractivity contribution in [1.29, 1.82) is 5.26 Å². The quantitative estimate of drug-likeness (QED) is 0.763. The van der Waals surface area contributed by atoms with E-state index in [1.165, 1.54) is 12.3 Å². The molecule has 0 heterocycles. The molecule has 0 unspecified atom stereocenters. The molecule has 4 heteroatoms. The first-order chi connectivity index (χ1) is 6.24. The predicted octanol–water partition coefficient (Wildman–Crippen LogP) is 3.44. The molecule has 1 aromatic rings. The van der Waals surface area contributed by atoms with Crippen molar-refractivity contribution >= 4 is 28.9 Å². The Labute approximate surface area is 86.4 Å². The largest absolute Gasteiger partial charge is 0.361 e. The van der Waals surface area contributed by atoms with Crippen LogP contribution in [0, 0.1) is 11.3 Å². The Morgan fingerprint density at radius 1 is 1.31 bits per heavy atom. The van der Waals surface area contributed by atoms with Crippen LogP contribution < -0.4 is 5.32 Å². The van der Waals surface area contributed by atoms with Gasteiger partial charge in [-0.2, -0.15) is 5.26 Å².